The summed E-state index contributed by atoms with van der Waals surface area (Å²) in [7, 11) is 1.86. The van der Waals surface area contributed by atoms with E-state index in [1.54, 1.807) is 4.68 Å². The number of nitrogens with zero attached hydrogens (tertiary/aromatic N) is 3. The molecule has 0 saturated heterocycles. The molecule has 5 nitrogen and oxygen atoms in total. The Balaban J connectivity index is 2.44. The summed E-state index contributed by atoms with van der Waals surface area (Å²) in [5, 5.41) is 7.24. The van der Waals surface area contributed by atoms with E-state index in [-0.39, 0.29) is 5.91 Å². The molecule has 1 rings (SSSR count). The Morgan fingerprint density at radius 2 is 1.95 bits per heavy atom. The Labute approximate surface area is 116 Å². The third kappa shape index (κ3) is 4.06. The van der Waals surface area contributed by atoms with Crippen molar-refractivity contribution < 1.29 is 4.79 Å². The van der Waals surface area contributed by atoms with Gasteiger partial charge in [0.2, 0.25) is 0 Å². The lowest BCUT2D eigenvalue weighted by Crippen LogP contribution is -2.30. The van der Waals surface area contributed by atoms with E-state index in [0.29, 0.717) is 12.1 Å². The second-order valence-electron chi connectivity index (χ2n) is 4.81. The quantitative estimate of drug-likeness (QED) is 0.761. The number of amides is 1. The van der Waals surface area contributed by atoms with Crippen molar-refractivity contribution in [1.29, 1.82) is 0 Å². The Kier molecular flexibility index (Phi) is 6.02. The van der Waals surface area contributed by atoms with Crippen LogP contribution in [0.4, 0.5) is 0 Å². The molecule has 1 aromatic heterocycles. The van der Waals surface area contributed by atoms with Crippen molar-refractivity contribution in [1.82, 2.24) is 20.0 Å². The van der Waals surface area contributed by atoms with Crippen molar-refractivity contribution in [3.05, 3.63) is 17.0 Å². The number of carbonyl (C=O) groups excluding carboxylic acids is 1. The molecule has 0 bridgehead atoms. The average Bonchev–Trinajstić information content (AvgIpc) is 2.63. The summed E-state index contributed by atoms with van der Waals surface area (Å²) in [6, 6.07) is 0. The normalized spacial score (nSPS) is 11.1. The summed E-state index contributed by atoms with van der Waals surface area (Å²) < 4.78 is 1.75. The maximum Gasteiger partial charge on any atom is 0.255 e. The minimum atomic E-state index is -0.0114. The highest BCUT2D eigenvalue weighted by Gasteiger charge is 2.16. The van der Waals surface area contributed by atoms with Crippen LogP contribution in [0.5, 0.6) is 0 Å². The molecule has 1 aromatic rings. The van der Waals surface area contributed by atoms with Crippen LogP contribution in [-0.2, 0) is 7.05 Å². The van der Waals surface area contributed by atoms with Crippen molar-refractivity contribution >= 4 is 5.91 Å². The first-order chi connectivity index (χ1) is 9.01. The molecule has 0 saturated carbocycles. The molecule has 0 atom stereocenters. The summed E-state index contributed by atoms with van der Waals surface area (Å²) in [5.74, 6) is -0.0114. The molecule has 0 aliphatic heterocycles. The first-order valence-electron chi connectivity index (χ1n) is 7.02. The summed E-state index contributed by atoms with van der Waals surface area (Å²) in [4.78, 5) is 14.5. The highest BCUT2D eigenvalue weighted by molar-refractivity contribution is 5.96. The summed E-state index contributed by atoms with van der Waals surface area (Å²) in [6.07, 6.45) is 0.978. The van der Waals surface area contributed by atoms with Gasteiger partial charge >= 0.3 is 0 Å². The van der Waals surface area contributed by atoms with Gasteiger partial charge in [-0.05, 0) is 39.9 Å². The van der Waals surface area contributed by atoms with E-state index >= 15 is 0 Å². The zero-order valence-electron chi connectivity index (χ0n) is 12.8. The molecular weight excluding hydrogens is 240 g/mol. The fraction of sp³-hybridized carbons (Fsp3) is 0.714. The van der Waals surface area contributed by atoms with Gasteiger partial charge in [0.05, 0.1) is 11.3 Å². The molecule has 1 amide bonds. The lowest BCUT2D eigenvalue weighted by atomic mass is 10.2. The van der Waals surface area contributed by atoms with Gasteiger partial charge in [-0.1, -0.05) is 13.8 Å². The summed E-state index contributed by atoms with van der Waals surface area (Å²) >= 11 is 0. The van der Waals surface area contributed by atoms with E-state index in [2.05, 4.69) is 29.2 Å². The van der Waals surface area contributed by atoms with Gasteiger partial charge in [-0.25, -0.2) is 0 Å². The number of nitrogens with one attached hydrogen (secondary N) is 1. The molecule has 0 spiro atoms. The van der Waals surface area contributed by atoms with Crippen LogP contribution in [0.25, 0.3) is 0 Å². The van der Waals surface area contributed by atoms with Crippen LogP contribution in [0.15, 0.2) is 0 Å². The van der Waals surface area contributed by atoms with E-state index in [0.717, 1.165) is 37.4 Å². The number of aryl methyl sites for hydroxylation is 2. The molecule has 108 valence electrons. The largest absolute Gasteiger partial charge is 0.352 e. The predicted molar refractivity (Wildman–Crippen MR) is 77.4 cm³/mol. The first kappa shape index (κ1) is 15.7. The fourth-order valence-corrected chi connectivity index (χ4v) is 2.24. The van der Waals surface area contributed by atoms with Crippen LogP contribution in [0.3, 0.4) is 0 Å². The standard InChI is InChI=1S/C14H26N4O/c1-6-18(7-2)10-8-9-15-14(19)13-11(3)16-17(5)12(13)4/h6-10H2,1-5H3,(H,15,19). The van der Waals surface area contributed by atoms with Gasteiger partial charge in [0.15, 0.2) is 0 Å². The van der Waals surface area contributed by atoms with Crippen LogP contribution in [0.1, 0.15) is 42.0 Å². The zero-order chi connectivity index (χ0) is 14.4. The Bertz CT molecular complexity index is 421. The maximum atomic E-state index is 12.1. The Hall–Kier alpha value is -1.36. The molecule has 1 N–H and O–H groups in total. The topological polar surface area (TPSA) is 50.2 Å². The lowest BCUT2D eigenvalue weighted by molar-refractivity contribution is 0.0950. The highest BCUT2D eigenvalue weighted by Crippen LogP contribution is 2.11. The summed E-state index contributed by atoms with van der Waals surface area (Å²) in [5.41, 5.74) is 2.42. The second-order valence-corrected chi connectivity index (χ2v) is 4.81. The van der Waals surface area contributed by atoms with Gasteiger partial charge in [0.25, 0.3) is 5.91 Å². The van der Waals surface area contributed by atoms with Crippen molar-refractivity contribution in [2.45, 2.75) is 34.1 Å². The predicted octanol–water partition coefficient (Wildman–Crippen LogP) is 1.50. The summed E-state index contributed by atoms with van der Waals surface area (Å²) in [6.45, 7) is 12.0. The number of aromatic nitrogens is 2. The molecule has 0 fully saturated rings. The van der Waals surface area contributed by atoms with Gasteiger partial charge in [-0.3, -0.25) is 9.48 Å². The minimum Gasteiger partial charge on any atom is -0.352 e. The van der Waals surface area contributed by atoms with Gasteiger partial charge in [-0.2, -0.15) is 5.10 Å². The van der Waals surface area contributed by atoms with Crippen molar-refractivity contribution in [2.75, 3.05) is 26.2 Å². The van der Waals surface area contributed by atoms with E-state index < -0.39 is 0 Å². The average molecular weight is 266 g/mol. The second kappa shape index (κ2) is 7.28. The van der Waals surface area contributed by atoms with E-state index in [4.69, 9.17) is 0 Å². The van der Waals surface area contributed by atoms with E-state index in [9.17, 15) is 4.79 Å². The number of carbonyl (C=O) groups is 1. The van der Waals surface area contributed by atoms with Crippen LogP contribution in [0, 0.1) is 13.8 Å². The molecule has 0 aliphatic carbocycles. The molecule has 19 heavy (non-hydrogen) atoms. The van der Waals surface area contributed by atoms with Crippen molar-refractivity contribution in [2.24, 2.45) is 7.05 Å². The van der Waals surface area contributed by atoms with E-state index in [1.165, 1.54) is 0 Å². The Morgan fingerprint density at radius 1 is 1.32 bits per heavy atom. The van der Waals surface area contributed by atoms with Crippen molar-refractivity contribution in [3.8, 4) is 0 Å². The zero-order valence-corrected chi connectivity index (χ0v) is 12.8. The molecule has 0 aliphatic rings. The fourth-order valence-electron chi connectivity index (χ4n) is 2.24. The van der Waals surface area contributed by atoms with Gasteiger partial charge < -0.3 is 10.2 Å². The molecule has 0 radical (unpaired) electrons. The van der Waals surface area contributed by atoms with Gasteiger partial charge in [0, 0.05) is 19.3 Å². The minimum absolute atomic E-state index is 0.0114. The number of rotatable bonds is 7. The van der Waals surface area contributed by atoms with Crippen LogP contribution in [-0.4, -0.2) is 46.8 Å². The van der Waals surface area contributed by atoms with Crippen LogP contribution in [0.2, 0.25) is 0 Å². The smallest absolute Gasteiger partial charge is 0.255 e. The molecule has 0 aromatic carbocycles. The first-order valence-corrected chi connectivity index (χ1v) is 7.02. The van der Waals surface area contributed by atoms with Crippen LogP contribution >= 0.6 is 0 Å². The molecule has 1 heterocycles. The number of hydrogen-bond acceptors (Lipinski definition) is 3. The van der Waals surface area contributed by atoms with Crippen LogP contribution < -0.4 is 5.32 Å². The Morgan fingerprint density at radius 3 is 2.42 bits per heavy atom. The third-order valence-corrected chi connectivity index (χ3v) is 3.57. The lowest BCUT2D eigenvalue weighted by Gasteiger charge is -2.17. The highest BCUT2D eigenvalue weighted by atomic mass is 16.1. The van der Waals surface area contributed by atoms with Crippen molar-refractivity contribution in [3.63, 3.8) is 0 Å². The SMILES string of the molecule is CCN(CC)CCCNC(=O)c1c(C)nn(C)c1C. The van der Waals surface area contributed by atoms with Gasteiger partial charge in [0.1, 0.15) is 0 Å². The maximum absolute atomic E-state index is 12.1. The molecular formula is C14H26N4O. The third-order valence-electron chi connectivity index (χ3n) is 3.57. The molecule has 0 unspecified atom stereocenters. The number of hydrogen-bond donors (Lipinski definition) is 1. The monoisotopic (exact) mass is 266 g/mol. The molecule has 5 heteroatoms. The van der Waals surface area contributed by atoms with E-state index in [1.807, 2.05) is 20.9 Å². The van der Waals surface area contributed by atoms with Gasteiger partial charge in [-0.15, -0.1) is 0 Å².